The molecule has 2 saturated heterocycles. The lowest BCUT2D eigenvalue weighted by molar-refractivity contribution is -0.120. The summed E-state index contributed by atoms with van der Waals surface area (Å²) < 4.78 is 27.0. The number of nitriles is 1. The molecule has 3 rings (SSSR count). The number of likely N-dealkylation sites (tertiary alicyclic amines) is 1. The molecule has 0 spiro atoms. The molecule has 168 valence electrons. The van der Waals surface area contributed by atoms with Crippen molar-refractivity contribution in [2.24, 2.45) is 0 Å². The summed E-state index contributed by atoms with van der Waals surface area (Å²) in [6, 6.07) is 5.56. The molecular weight excluding hydrogens is 438 g/mol. The van der Waals surface area contributed by atoms with Crippen LogP contribution in [0.15, 0.2) is 28.0 Å². The van der Waals surface area contributed by atoms with E-state index in [9.17, 15) is 23.3 Å². The van der Waals surface area contributed by atoms with Crippen LogP contribution in [-0.2, 0) is 14.8 Å². The molecule has 1 unspecified atom stereocenters. The number of carbonyl (C=O) groups excluding carboxylic acids is 2. The van der Waals surface area contributed by atoms with Gasteiger partial charge in [-0.3, -0.25) is 4.79 Å². The van der Waals surface area contributed by atoms with Crippen molar-refractivity contribution in [3.63, 3.8) is 0 Å². The molecule has 2 aliphatic rings. The summed E-state index contributed by atoms with van der Waals surface area (Å²) >= 11 is 1.14. The molecule has 2 aliphatic heterocycles. The third-order valence-electron chi connectivity index (χ3n) is 5.32. The van der Waals surface area contributed by atoms with Gasteiger partial charge >= 0.3 is 6.03 Å². The second-order valence-corrected chi connectivity index (χ2v) is 10.5. The van der Waals surface area contributed by atoms with Crippen LogP contribution in [0.25, 0.3) is 0 Å². The molecule has 0 aliphatic carbocycles. The molecule has 0 aromatic heterocycles. The third-order valence-corrected chi connectivity index (χ3v) is 8.71. The van der Waals surface area contributed by atoms with Gasteiger partial charge in [0.05, 0.1) is 23.4 Å². The van der Waals surface area contributed by atoms with Crippen LogP contribution in [0.3, 0.4) is 0 Å². The number of urea groups is 1. The average molecular weight is 466 g/mol. The molecule has 31 heavy (non-hydrogen) atoms. The van der Waals surface area contributed by atoms with Crippen LogP contribution >= 0.6 is 11.8 Å². The lowest BCUT2D eigenvalue weighted by Gasteiger charge is -2.21. The first-order chi connectivity index (χ1) is 14.9. The van der Waals surface area contributed by atoms with Crippen molar-refractivity contribution in [2.75, 3.05) is 39.3 Å². The van der Waals surface area contributed by atoms with Crippen LogP contribution < -0.4 is 10.6 Å². The van der Waals surface area contributed by atoms with Crippen molar-refractivity contribution in [3.05, 3.63) is 23.8 Å². The van der Waals surface area contributed by atoms with E-state index < -0.39 is 21.3 Å². The van der Waals surface area contributed by atoms with Crippen LogP contribution in [0.4, 0.5) is 4.79 Å². The van der Waals surface area contributed by atoms with Gasteiger partial charge in [0.1, 0.15) is 4.90 Å². The number of nitrogens with one attached hydrogen (secondary N) is 2. The number of hydrogen-bond donors (Lipinski definition) is 2. The largest absolute Gasteiger partial charge is 0.354 e. The Kier molecular flexibility index (Phi) is 7.80. The topological polar surface area (TPSA) is 123 Å². The van der Waals surface area contributed by atoms with E-state index in [0.29, 0.717) is 17.9 Å². The maximum absolute atomic E-state index is 13.1. The monoisotopic (exact) mass is 465 g/mol. The maximum atomic E-state index is 13.1. The van der Waals surface area contributed by atoms with Gasteiger partial charge in [-0.2, -0.15) is 5.26 Å². The SMILES string of the molecule is CCC(Sc1ccc(C#N)cc1S(=O)(=O)N1CCNC1=O)C(=O)NCCN1CCCC1. The molecule has 9 nitrogen and oxygen atoms in total. The number of nitrogens with zero attached hydrogens (tertiary/aromatic N) is 3. The molecule has 0 saturated carbocycles. The number of carbonyl (C=O) groups is 2. The Hall–Kier alpha value is -2.29. The van der Waals surface area contributed by atoms with Gasteiger partial charge in [-0.25, -0.2) is 17.5 Å². The fourth-order valence-corrected chi connectivity index (χ4v) is 6.51. The summed E-state index contributed by atoms with van der Waals surface area (Å²) in [5.41, 5.74) is 0.172. The standard InChI is InChI=1S/C20H27N5O4S2/c1-2-16(19(26)22-7-11-24-9-3-4-10-24)30-17-6-5-15(14-21)13-18(17)31(28,29)25-12-8-23-20(25)27/h5-6,13,16H,2-4,7-12H2,1H3,(H,22,26)(H,23,27). The highest BCUT2D eigenvalue weighted by atomic mass is 32.2. The first-order valence-corrected chi connectivity index (χ1v) is 12.7. The second kappa shape index (κ2) is 10.3. The van der Waals surface area contributed by atoms with Gasteiger partial charge in [0, 0.05) is 24.5 Å². The number of amides is 3. The van der Waals surface area contributed by atoms with E-state index in [-0.39, 0.29) is 29.5 Å². The zero-order valence-electron chi connectivity index (χ0n) is 17.5. The smallest absolute Gasteiger partial charge is 0.331 e. The minimum absolute atomic E-state index is 0.0241. The predicted octanol–water partition coefficient (Wildman–Crippen LogP) is 1.35. The third kappa shape index (κ3) is 5.50. The van der Waals surface area contributed by atoms with E-state index in [1.807, 2.05) is 13.0 Å². The minimum atomic E-state index is -4.15. The molecule has 0 bridgehead atoms. The van der Waals surface area contributed by atoms with Crippen molar-refractivity contribution in [3.8, 4) is 6.07 Å². The average Bonchev–Trinajstić information content (AvgIpc) is 3.43. The molecular formula is C20H27N5O4S2. The lowest BCUT2D eigenvalue weighted by atomic mass is 10.2. The molecule has 1 aromatic carbocycles. The highest BCUT2D eigenvalue weighted by Crippen LogP contribution is 2.34. The summed E-state index contributed by atoms with van der Waals surface area (Å²) in [6.45, 7) is 5.57. The van der Waals surface area contributed by atoms with Gasteiger partial charge in [0.15, 0.2) is 0 Å². The highest BCUT2D eigenvalue weighted by Gasteiger charge is 2.35. The number of rotatable bonds is 9. The zero-order chi connectivity index (χ0) is 22.4. The Morgan fingerprint density at radius 3 is 2.68 bits per heavy atom. The summed E-state index contributed by atoms with van der Waals surface area (Å²) in [5.74, 6) is -0.154. The quantitative estimate of drug-likeness (QED) is 0.528. The van der Waals surface area contributed by atoms with Crippen LogP contribution in [0.1, 0.15) is 31.7 Å². The molecule has 2 fully saturated rings. The van der Waals surface area contributed by atoms with Crippen LogP contribution in [0, 0.1) is 11.3 Å². The Bertz CT molecular complexity index is 970. The lowest BCUT2D eigenvalue weighted by Crippen LogP contribution is -2.38. The van der Waals surface area contributed by atoms with Gasteiger partial charge in [0.2, 0.25) is 5.91 Å². The number of hydrogen-bond acceptors (Lipinski definition) is 7. The van der Waals surface area contributed by atoms with E-state index in [1.165, 1.54) is 31.0 Å². The molecule has 1 atom stereocenters. The van der Waals surface area contributed by atoms with E-state index in [2.05, 4.69) is 15.5 Å². The number of thioether (sulfide) groups is 1. The normalized spacial score (nSPS) is 17.9. The van der Waals surface area contributed by atoms with Crippen LogP contribution in [0.2, 0.25) is 0 Å². The summed E-state index contributed by atoms with van der Waals surface area (Å²) in [6.07, 6.45) is 2.88. The van der Waals surface area contributed by atoms with Gasteiger partial charge in [-0.15, -0.1) is 11.8 Å². The van der Waals surface area contributed by atoms with Crippen molar-refractivity contribution < 1.29 is 18.0 Å². The summed E-state index contributed by atoms with van der Waals surface area (Å²) in [7, 11) is -4.15. The molecule has 3 amide bonds. The highest BCUT2D eigenvalue weighted by molar-refractivity contribution is 8.01. The first-order valence-electron chi connectivity index (χ1n) is 10.4. The van der Waals surface area contributed by atoms with Crippen LogP contribution in [0.5, 0.6) is 0 Å². The Balaban J connectivity index is 1.76. The second-order valence-electron chi connectivity index (χ2n) is 7.44. The van der Waals surface area contributed by atoms with Crippen molar-refractivity contribution in [2.45, 2.75) is 41.2 Å². The molecule has 2 N–H and O–H groups in total. The van der Waals surface area contributed by atoms with E-state index in [1.54, 1.807) is 0 Å². The minimum Gasteiger partial charge on any atom is -0.354 e. The van der Waals surface area contributed by atoms with Crippen molar-refractivity contribution >= 4 is 33.7 Å². The predicted molar refractivity (Wildman–Crippen MR) is 117 cm³/mol. The van der Waals surface area contributed by atoms with Crippen molar-refractivity contribution in [1.29, 1.82) is 5.26 Å². The van der Waals surface area contributed by atoms with Crippen molar-refractivity contribution in [1.82, 2.24) is 19.8 Å². The summed E-state index contributed by atoms with van der Waals surface area (Å²) in [4.78, 5) is 27.2. The Morgan fingerprint density at radius 2 is 2.06 bits per heavy atom. The van der Waals surface area contributed by atoms with Gasteiger partial charge < -0.3 is 15.5 Å². The van der Waals surface area contributed by atoms with Crippen LogP contribution in [-0.4, -0.2) is 74.1 Å². The Labute approximate surface area is 187 Å². The molecule has 2 heterocycles. The van der Waals surface area contributed by atoms with E-state index in [0.717, 1.165) is 35.7 Å². The zero-order valence-corrected chi connectivity index (χ0v) is 19.1. The molecule has 1 aromatic rings. The van der Waals surface area contributed by atoms with Gasteiger partial charge in [-0.05, 0) is 50.6 Å². The fourth-order valence-electron chi connectivity index (χ4n) is 3.61. The number of benzene rings is 1. The van der Waals surface area contributed by atoms with E-state index >= 15 is 0 Å². The fraction of sp³-hybridized carbons (Fsp3) is 0.550. The summed E-state index contributed by atoms with van der Waals surface area (Å²) in [5, 5.41) is 14.2. The maximum Gasteiger partial charge on any atom is 0.331 e. The van der Waals surface area contributed by atoms with Gasteiger partial charge in [0.25, 0.3) is 10.0 Å². The Morgan fingerprint density at radius 1 is 1.32 bits per heavy atom. The molecule has 11 heteroatoms. The van der Waals surface area contributed by atoms with E-state index in [4.69, 9.17) is 0 Å². The first kappa shape index (κ1) is 23.4. The number of sulfonamides is 1. The van der Waals surface area contributed by atoms with Gasteiger partial charge in [-0.1, -0.05) is 6.92 Å². The molecule has 0 radical (unpaired) electrons.